The van der Waals surface area contributed by atoms with Gasteiger partial charge in [0, 0.05) is 6.54 Å². The molecular formula is C6H7IN2O2. The molecule has 0 saturated carbocycles. The van der Waals surface area contributed by atoms with Crippen molar-refractivity contribution in [2.24, 2.45) is 0 Å². The zero-order valence-corrected chi connectivity index (χ0v) is 8.08. The number of nitrogens with one attached hydrogen (secondary N) is 1. The summed E-state index contributed by atoms with van der Waals surface area (Å²) in [6.45, 7) is 2.45. The first-order valence-corrected chi connectivity index (χ1v) is 4.21. The zero-order valence-electron chi connectivity index (χ0n) is 5.93. The molecule has 1 amide bonds. The van der Waals surface area contributed by atoms with E-state index in [-0.39, 0.29) is 5.91 Å². The molecule has 1 aromatic heterocycles. The molecule has 1 rings (SSSR count). The topological polar surface area (TPSA) is 55.1 Å². The highest BCUT2D eigenvalue weighted by Crippen LogP contribution is 2.08. The van der Waals surface area contributed by atoms with Crippen molar-refractivity contribution in [1.29, 1.82) is 0 Å². The Morgan fingerprint density at radius 2 is 2.64 bits per heavy atom. The minimum absolute atomic E-state index is 0.189. The first-order chi connectivity index (χ1) is 5.25. The molecule has 0 aliphatic rings. The number of hydrogen-bond donors (Lipinski definition) is 1. The van der Waals surface area contributed by atoms with Crippen molar-refractivity contribution < 1.29 is 9.32 Å². The fourth-order valence-corrected chi connectivity index (χ4v) is 1.08. The van der Waals surface area contributed by atoms with E-state index < -0.39 is 0 Å². The fraction of sp³-hybridized carbons (Fsp3) is 0.333. The third-order valence-corrected chi connectivity index (χ3v) is 1.84. The second-order valence-electron chi connectivity index (χ2n) is 1.87. The Kier molecular flexibility index (Phi) is 2.86. The average Bonchev–Trinajstić information content (AvgIpc) is 2.36. The Morgan fingerprint density at radius 1 is 1.91 bits per heavy atom. The van der Waals surface area contributed by atoms with Crippen LogP contribution < -0.4 is 5.32 Å². The van der Waals surface area contributed by atoms with Gasteiger partial charge in [0.1, 0.15) is 6.26 Å². The Balaban J connectivity index is 2.76. The van der Waals surface area contributed by atoms with E-state index >= 15 is 0 Å². The standard InChI is InChI=1S/C6H7IN2O2/c1-2-8-6(10)5-4(7)3-11-9-5/h3H,2H2,1H3,(H,8,10). The average molecular weight is 266 g/mol. The van der Waals surface area contributed by atoms with Crippen LogP contribution in [0.25, 0.3) is 0 Å². The molecule has 0 aliphatic carbocycles. The van der Waals surface area contributed by atoms with E-state index in [1.807, 2.05) is 29.5 Å². The van der Waals surface area contributed by atoms with E-state index in [4.69, 9.17) is 0 Å². The molecule has 5 heteroatoms. The highest BCUT2D eigenvalue weighted by atomic mass is 127. The molecule has 1 heterocycles. The third-order valence-electron chi connectivity index (χ3n) is 1.08. The lowest BCUT2D eigenvalue weighted by Gasteiger charge is -1.95. The van der Waals surface area contributed by atoms with Crippen molar-refractivity contribution >= 4 is 28.5 Å². The van der Waals surface area contributed by atoms with E-state index in [1.165, 1.54) is 6.26 Å². The largest absolute Gasteiger partial charge is 0.363 e. The molecule has 1 N–H and O–H groups in total. The molecule has 1 aromatic rings. The summed E-state index contributed by atoms with van der Waals surface area (Å²) in [6, 6.07) is 0. The van der Waals surface area contributed by atoms with E-state index in [0.29, 0.717) is 12.2 Å². The maximum absolute atomic E-state index is 11.1. The number of hydrogen-bond acceptors (Lipinski definition) is 3. The number of amides is 1. The van der Waals surface area contributed by atoms with E-state index in [9.17, 15) is 4.79 Å². The molecule has 0 atom stereocenters. The highest BCUT2D eigenvalue weighted by Gasteiger charge is 2.12. The van der Waals surface area contributed by atoms with Gasteiger partial charge in [-0.1, -0.05) is 5.16 Å². The number of aromatic nitrogens is 1. The van der Waals surface area contributed by atoms with E-state index in [0.717, 1.165) is 3.57 Å². The van der Waals surface area contributed by atoms with Gasteiger partial charge in [-0.3, -0.25) is 4.79 Å². The Morgan fingerprint density at radius 3 is 3.09 bits per heavy atom. The molecule has 4 nitrogen and oxygen atoms in total. The van der Waals surface area contributed by atoms with Crippen molar-refractivity contribution in [2.45, 2.75) is 6.92 Å². The summed E-state index contributed by atoms with van der Waals surface area (Å²) < 4.78 is 5.32. The lowest BCUT2D eigenvalue weighted by atomic mass is 10.4. The Bertz CT molecular complexity index is 259. The number of nitrogens with zero attached hydrogens (tertiary/aromatic N) is 1. The second-order valence-corrected chi connectivity index (χ2v) is 3.03. The second kappa shape index (κ2) is 3.70. The van der Waals surface area contributed by atoms with Gasteiger partial charge in [0.2, 0.25) is 0 Å². The SMILES string of the molecule is CCNC(=O)c1nocc1I. The highest BCUT2D eigenvalue weighted by molar-refractivity contribution is 14.1. The van der Waals surface area contributed by atoms with Gasteiger partial charge in [0.15, 0.2) is 5.69 Å². The van der Waals surface area contributed by atoms with Crippen molar-refractivity contribution in [2.75, 3.05) is 6.54 Å². The molecule has 0 saturated heterocycles. The molecule has 60 valence electrons. The van der Waals surface area contributed by atoms with Crippen LogP contribution in [0.15, 0.2) is 10.8 Å². The molecular weight excluding hydrogens is 259 g/mol. The molecule has 0 bridgehead atoms. The van der Waals surface area contributed by atoms with Gasteiger partial charge >= 0.3 is 0 Å². The summed E-state index contributed by atoms with van der Waals surface area (Å²) >= 11 is 1.99. The zero-order chi connectivity index (χ0) is 8.27. The summed E-state index contributed by atoms with van der Waals surface area (Å²) in [4.78, 5) is 11.1. The molecule has 0 aromatic carbocycles. The lowest BCUT2D eigenvalue weighted by molar-refractivity contribution is 0.0946. The van der Waals surface area contributed by atoms with Gasteiger partial charge in [-0.15, -0.1) is 0 Å². The predicted molar refractivity (Wildman–Crippen MR) is 47.2 cm³/mol. The smallest absolute Gasteiger partial charge is 0.274 e. The van der Waals surface area contributed by atoms with E-state index in [1.54, 1.807) is 0 Å². The Labute approximate surface area is 77.5 Å². The van der Waals surface area contributed by atoms with Crippen LogP contribution in [0, 0.1) is 3.57 Å². The summed E-state index contributed by atoms with van der Waals surface area (Å²) in [5, 5.41) is 6.16. The van der Waals surface area contributed by atoms with Gasteiger partial charge < -0.3 is 9.84 Å². The summed E-state index contributed by atoms with van der Waals surface area (Å²) in [7, 11) is 0. The molecule has 0 radical (unpaired) electrons. The van der Waals surface area contributed by atoms with Gasteiger partial charge in [-0.05, 0) is 29.5 Å². The number of halogens is 1. The van der Waals surface area contributed by atoms with Crippen molar-refractivity contribution in [3.05, 3.63) is 15.5 Å². The summed E-state index contributed by atoms with van der Waals surface area (Å²) in [5.74, 6) is -0.189. The molecule has 0 unspecified atom stereocenters. The quantitative estimate of drug-likeness (QED) is 0.813. The third kappa shape index (κ3) is 1.92. The van der Waals surface area contributed by atoms with Crippen LogP contribution in [0.1, 0.15) is 17.4 Å². The van der Waals surface area contributed by atoms with Gasteiger partial charge in [0.25, 0.3) is 5.91 Å². The molecule has 11 heavy (non-hydrogen) atoms. The number of carbonyl (C=O) groups is 1. The monoisotopic (exact) mass is 266 g/mol. The molecule has 0 spiro atoms. The number of carbonyl (C=O) groups excluding carboxylic acids is 1. The van der Waals surface area contributed by atoms with Crippen molar-refractivity contribution in [1.82, 2.24) is 10.5 Å². The van der Waals surface area contributed by atoms with Gasteiger partial charge in [-0.2, -0.15) is 0 Å². The fourth-order valence-electron chi connectivity index (χ4n) is 0.619. The minimum atomic E-state index is -0.189. The van der Waals surface area contributed by atoms with Crippen LogP contribution in [-0.2, 0) is 0 Å². The Hall–Kier alpha value is -0.590. The van der Waals surface area contributed by atoms with Crippen molar-refractivity contribution in [3.63, 3.8) is 0 Å². The van der Waals surface area contributed by atoms with Crippen LogP contribution in [-0.4, -0.2) is 17.6 Å². The minimum Gasteiger partial charge on any atom is -0.363 e. The molecule has 0 aliphatic heterocycles. The van der Waals surface area contributed by atoms with Crippen LogP contribution in [0.4, 0.5) is 0 Å². The van der Waals surface area contributed by atoms with Gasteiger partial charge in [-0.25, -0.2) is 0 Å². The number of rotatable bonds is 2. The van der Waals surface area contributed by atoms with Crippen LogP contribution in [0.5, 0.6) is 0 Å². The van der Waals surface area contributed by atoms with Crippen LogP contribution in [0.2, 0.25) is 0 Å². The first-order valence-electron chi connectivity index (χ1n) is 3.13. The van der Waals surface area contributed by atoms with Crippen LogP contribution >= 0.6 is 22.6 Å². The summed E-state index contributed by atoms with van der Waals surface area (Å²) in [6.07, 6.45) is 1.44. The predicted octanol–water partition coefficient (Wildman–Crippen LogP) is 1.03. The van der Waals surface area contributed by atoms with E-state index in [2.05, 4.69) is 15.0 Å². The molecule has 0 fully saturated rings. The summed E-state index contributed by atoms with van der Waals surface area (Å²) in [5.41, 5.74) is 0.354. The normalized spacial score (nSPS) is 9.64. The maximum Gasteiger partial charge on any atom is 0.274 e. The first kappa shape index (κ1) is 8.51. The lowest BCUT2D eigenvalue weighted by Crippen LogP contribution is -2.23. The maximum atomic E-state index is 11.1. The van der Waals surface area contributed by atoms with Crippen LogP contribution in [0.3, 0.4) is 0 Å². The van der Waals surface area contributed by atoms with Gasteiger partial charge in [0.05, 0.1) is 3.57 Å². The van der Waals surface area contributed by atoms with Crippen molar-refractivity contribution in [3.8, 4) is 0 Å².